The lowest BCUT2D eigenvalue weighted by atomic mass is 9.78. The molecule has 3 aromatic heterocycles. The van der Waals surface area contributed by atoms with Gasteiger partial charge in [0.05, 0.1) is 29.4 Å². The Balaban J connectivity index is 1.51. The zero-order valence-corrected chi connectivity index (χ0v) is 44.3. The van der Waals surface area contributed by atoms with Crippen LogP contribution in [0.15, 0.2) is 121 Å². The summed E-state index contributed by atoms with van der Waals surface area (Å²) in [6, 6.07) is 41.5. The maximum Gasteiger partial charge on any atom is 0.321 e. The van der Waals surface area contributed by atoms with Crippen LogP contribution in [-0.4, -0.2) is 38.3 Å². The average molecular weight is 953 g/mol. The van der Waals surface area contributed by atoms with Crippen LogP contribution >= 0.6 is 0 Å². The number of hydrogen-bond acceptors (Lipinski definition) is 5. The van der Waals surface area contributed by atoms with Crippen LogP contribution in [0.5, 0.6) is 0 Å². The van der Waals surface area contributed by atoms with Gasteiger partial charge < -0.3 is 14.7 Å². The van der Waals surface area contributed by atoms with Gasteiger partial charge in [-0.1, -0.05) is 180 Å². The van der Waals surface area contributed by atoms with Crippen molar-refractivity contribution in [2.75, 3.05) is 6.61 Å². The van der Waals surface area contributed by atoms with Gasteiger partial charge >= 0.3 is 5.97 Å². The fourth-order valence-corrected chi connectivity index (χ4v) is 9.67. The molecule has 0 fully saturated rings. The molecule has 7 aromatic rings. The van der Waals surface area contributed by atoms with E-state index in [9.17, 15) is 4.79 Å². The largest absolute Gasteiger partial charge is 0.465 e. The highest BCUT2D eigenvalue weighted by Crippen LogP contribution is 2.42. The summed E-state index contributed by atoms with van der Waals surface area (Å²) in [5.41, 5.74) is 16.6. The van der Waals surface area contributed by atoms with Crippen molar-refractivity contribution in [2.45, 2.75) is 118 Å². The highest BCUT2D eigenvalue weighted by molar-refractivity contribution is 6.15. The van der Waals surface area contributed by atoms with Crippen molar-refractivity contribution in [3.63, 3.8) is 0 Å². The second-order valence-corrected chi connectivity index (χ2v) is 23.4. The number of carbonyl (C=O) groups is 2. The SMILES string of the molecule is CCOC(=O)C(C(=O)c1ccccc1)c1c2nc(c(-c3cc(C(C)(C)C)cc(C(C)(C)C)c3)c3ccc([nH]3)c(-c3ccccc3)c3nc(c(-c4cc(C(C)(C)C)cc(C(C)(C)C)c4)c4ccc1[nH]4)C=C3)C=C2. The normalized spacial score (nSPS) is 13.3. The number of esters is 1. The molecule has 4 aromatic carbocycles. The van der Waals surface area contributed by atoms with Crippen LogP contribution in [0.25, 0.3) is 79.8 Å². The third kappa shape index (κ3) is 9.82. The Morgan fingerprint density at radius 1 is 0.458 bits per heavy atom. The van der Waals surface area contributed by atoms with E-state index >= 15 is 4.79 Å². The Bertz CT molecular complexity index is 3350. The maximum absolute atomic E-state index is 15.1. The Hall–Kier alpha value is -7.38. The fourth-order valence-electron chi connectivity index (χ4n) is 9.67. The zero-order valence-electron chi connectivity index (χ0n) is 44.3. The number of ether oxygens (including phenoxy) is 1. The molecule has 0 radical (unpaired) electrons. The fraction of sp³-hybridized carbons (Fsp3) is 0.292. The Morgan fingerprint density at radius 2 is 0.819 bits per heavy atom. The van der Waals surface area contributed by atoms with Crippen LogP contribution in [-0.2, 0) is 31.2 Å². The number of aromatic nitrogens is 4. The molecule has 0 saturated carbocycles. The standard InChI is InChI=1S/C65H68N4O3/c1-14-72-61(71)59(60(70)40-23-19-16-20-24-40)58-53-31-29-51(68-53)56(41-33-43(62(2,3)4)37-44(34-41)63(5,6)7)49-27-25-47(66-49)55(39-21-17-15-18-22-39)48-26-28-50(67-48)57(52-30-32-54(58)69-52)42-35-45(64(8,9)10)38-46(36-42)65(11,12)13/h15-38,59,66,69H,14H2,1-13H3. The molecule has 0 aliphatic carbocycles. The number of benzene rings is 4. The molecule has 1 atom stereocenters. The highest BCUT2D eigenvalue weighted by atomic mass is 16.5. The van der Waals surface area contributed by atoms with Crippen molar-refractivity contribution >= 4 is 58.1 Å². The number of fused-ring (bicyclic) bond motifs is 8. The second-order valence-electron chi connectivity index (χ2n) is 23.4. The molecule has 0 amide bonds. The number of hydrogen-bond donors (Lipinski definition) is 2. The summed E-state index contributed by atoms with van der Waals surface area (Å²) in [6.07, 6.45) is 8.17. The summed E-state index contributed by atoms with van der Waals surface area (Å²) >= 11 is 0. The molecule has 2 aliphatic heterocycles. The Labute approximate surface area is 425 Å². The van der Waals surface area contributed by atoms with Crippen LogP contribution < -0.4 is 0 Å². The highest BCUT2D eigenvalue weighted by Gasteiger charge is 2.35. The molecule has 7 nitrogen and oxygen atoms in total. The zero-order chi connectivity index (χ0) is 51.5. The summed E-state index contributed by atoms with van der Waals surface area (Å²) in [4.78, 5) is 48.5. The molecule has 5 heterocycles. The quantitative estimate of drug-likeness (QED) is 0.0898. The van der Waals surface area contributed by atoms with E-state index in [2.05, 4.69) is 178 Å². The van der Waals surface area contributed by atoms with E-state index in [1.54, 1.807) is 19.1 Å². The maximum atomic E-state index is 15.1. The van der Waals surface area contributed by atoms with Gasteiger partial charge in [-0.05, 0) is 116 Å². The smallest absolute Gasteiger partial charge is 0.321 e. The molecule has 2 aliphatic rings. The molecular weight excluding hydrogens is 885 g/mol. The van der Waals surface area contributed by atoms with Crippen molar-refractivity contribution in [2.24, 2.45) is 0 Å². The molecule has 72 heavy (non-hydrogen) atoms. The van der Waals surface area contributed by atoms with E-state index in [0.29, 0.717) is 28.0 Å². The predicted molar refractivity (Wildman–Crippen MR) is 300 cm³/mol. The van der Waals surface area contributed by atoms with Gasteiger partial charge in [0.25, 0.3) is 0 Å². The number of aromatic amines is 2. The Morgan fingerprint density at radius 3 is 1.24 bits per heavy atom. The number of rotatable bonds is 8. The minimum absolute atomic E-state index is 0.0960. The molecule has 7 heteroatoms. The lowest BCUT2D eigenvalue weighted by molar-refractivity contribution is -0.143. The van der Waals surface area contributed by atoms with E-state index in [4.69, 9.17) is 14.7 Å². The number of nitrogens with zero attached hydrogens (tertiary/aromatic N) is 2. The number of H-pyrrole nitrogens is 2. The molecule has 9 rings (SSSR count). The van der Waals surface area contributed by atoms with E-state index in [-0.39, 0.29) is 34.1 Å². The second kappa shape index (κ2) is 18.7. The van der Waals surface area contributed by atoms with Crippen LogP contribution in [0.1, 0.15) is 157 Å². The molecule has 0 spiro atoms. The van der Waals surface area contributed by atoms with Gasteiger partial charge in [-0.15, -0.1) is 0 Å². The molecule has 8 bridgehead atoms. The third-order valence-corrected chi connectivity index (χ3v) is 13.9. The summed E-state index contributed by atoms with van der Waals surface area (Å²) in [5, 5.41) is 0. The van der Waals surface area contributed by atoms with Gasteiger partial charge in [0.15, 0.2) is 5.78 Å². The first kappa shape index (κ1) is 49.6. The summed E-state index contributed by atoms with van der Waals surface area (Å²) in [5.74, 6) is -2.39. The molecule has 1 unspecified atom stereocenters. The summed E-state index contributed by atoms with van der Waals surface area (Å²) < 4.78 is 5.83. The Kier molecular flexibility index (Phi) is 12.9. The van der Waals surface area contributed by atoms with E-state index in [1.165, 1.54) is 22.3 Å². The lowest BCUT2D eigenvalue weighted by Crippen LogP contribution is -2.25. The van der Waals surface area contributed by atoms with Crippen LogP contribution in [0.3, 0.4) is 0 Å². The first-order valence-electron chi connectivity index (χ1n) is 25.3. The number of nitrogens with one attached hydrogen (secondary N) is 2. The van der Waals surface area contributed by atoms with E-state index in [1.807, 2.05) is 48.6 Å². The summed E-state index contributed by atoms with van der Waals surface area (Å²) in [6.45, 7) is 28.8. The minimum atomic E-state index is -1.36. The van der Waals surface area contributed by atoms with Crippen LogP contribution in [0.4, 0.5) is 0 Å². The number of ketones is 1. The van der Waals surface area contributed by atoms with Gasteiger partial charge in [-0.2, -0.15) is 0 Å². The van der Waals surface area contributed by atoms with Crippen molar-refractivity contribution in [3.05, 3.63) is 177 Å². The number of carbonyl (C=O) groups excluding carboxylic acids is 2. The van der Waals surface area contributed by atoms with Crippen LogP contribution in [0.2, 0.25) is 0 Å². The van der Waals surface area contributed by atoms with Gasteiger partial charge in [0, 0.05) is 49.9 Å². The minimum Gasteiger partial charge on any atom is -0.465 e. The van der Waals surface area contributed by atoms with Crippen LogP contribution in [0, 0.1) is 0 Å². The molecule has 2 N–H and O–H groups in total. The molecule has 0 saturated heterocycles. The number of Topliss-reactive ketones (excluding diaryl/α,β-unsaturated/α-hetero) is 1. The molecule has 366 valence electrons. The van der Waals surface area contributed by atoms with E-state index < -0.39 is 11.9 Å². The van der Waals surface area contributed by atoms with Crippen molar-refractivity contribution in [3.8, 4) is 33.4 Å². The van der Waals surface area contributed by atoms with Gasteiger partial charge in [0.2, 0.25) is 0 Å². The van der Waals surface area contributed by atoms with Gasteiger partial charge in [-0.25, -0.2) is 9.97 Å². The monoisotopic (exact) mass is 953 g/mol. The molecular formula is C65H68N4O3. The van der Waals surface area contributed by atoms with Gasteiger partial charge in [0.1, 0.15) is 5.92 Å². The van der Waals surface area contributed by atoms with Crippen molar-refractivity contribution in [1.29, 1.82) is 0 Å². The van der Waals surface area contributed by atoms with E-state index in [0.717, 1.165) is 61.3 Å². The topological polar surface area (TPSA) is 101 Å². The predicted octanol–water partition coefficient (Wildman–Crippen LogP) is 16.4. The summed E-state index contributed by atoms with van der Waals surface area (Å²) in [7, 11) is 0. The van der Waals surface area contributed by atoms with Crippen molar-refractivity contribution in [1.82, 2.24) is 19.9 Å². The first-order chi connectivity index (χ1) is 34.0. The van der Waals surface area contributed by atoms with Gasteiger partial charge in [-0.3, -0.25) is 9.59 Å². The average Bonchev–Trinajstić information content (AvgIpc) is 4.18. The third-order valence-electron chi connectivity index (χ3n) is 13.9. The van der Waals surface area contributed by atoms with Crippen molar-refractivity contribution < 1.29 is 14.3 Å². The first-order valence-corrected chi connectivity index (χ1v) is 25.3. The lowest BCUT2D eigenvalue weighted by Gasteiger charge is -2.26.